The number of hydrogen-bond acceptors (Lipinski definition) is 3. The highest BCUT2D eigenvalue weighted by molar-refractivity contribution is 6.32. The third-order valence-electron chi connectivity index (χ3n) is 1.74. The number of nitro benzene ring substituents is 1. The van der Waals surface area contributed by atoms with E-state index in [1.165, 1.54) is 12.1 Å². The van der Waals surface area contributed by atoms with Gasteiger partial charge in [-0.05, 0) is 19.1 Å². The van der Waals surface area contributed by atoms with E-state index in [0.29, 0.717) is 12.2 Å². The first-order valence-electron chi connectivity index (χ1n) is 4.33. The van der Waals surface area contributed by atoms with Gasteiger partial charge in [0.15, 0.2) is 0 Å². The number of nitrogens with one attached hydrogen (secondary N) is 1. The first kappa shape index (κ1) is 11.5. The van der Waals surface area contributed by atoms with Crippen molar-refractivity contribution in [3.8, 4) is 0 Å². The molecule has 0 bridgehead atoms. The van der Waals surface area contributed by atoms with E-state index >= 15 is 0 Å². The summed E-state index contributed by atoms with van der Waals surface area (Å²) >= 11 is 5.67. The number of nitro groups is 1. The molecule has 0 heterocycles. The van der Waals surface area contributed by atoms with Gasteiger partial charge in [0, 0.05) is 18.3 Å². The second-order valence-corrected chi connectivity index (χ2v) is 3.64. The number of anilines is 1. The molecule has 0 aromatic heterocycles. The fourth-order valence-electron chi connectivity index (χ4n) is 1.02. The van der Waals surface area contributed by atoms with E-state index in [0.717, 1.165) is 5.57 Å². The Balaban J connectivity index is 2.87. The normalized spacial score (nSPS) is 9.73. The first-order valence-corrected chi connectivity index (χ1v) is 4.70. The van der Waals surface area contributed by atoms with Gasteiger partial charge in [0.25, 0.3) is 5.69 Å². The van der Waals surface area contributed by atoms with Crippen LogP contribution >= 0.6 is 11.6 Å². The summed E-state index contributed by atoms with van der Waals surface area (Å²) < 4.78 is 0. The molecule has 1 N–H and O–H groups in total. The first-order chi connectivity index (χ1) is 7.00. The van der Waals surface area contributed by atoms with Crippen molar-refractivity contribution < 1.29 is 4.92 Å². The Bertz CT molecular complexity index is 404. The van der Waals surface area contributed by atoms with Gasteiger partial charge in [0.1, 0.15) is 5.02 Å². The Morgan fingerprint density at radius 2 is 2.33 bits per heavy atom. The van der Waals surface area contributed by atoms with Gasteiger partial charge >= 0.3 is 0 Å². The number of halogens is 1. The van der Waals surface area contributed by atoms with Crippen LogP contribution in [-0.2, 0) is 0 Å². The van der Waals surface area contributed by atoms with Crippen LogP contribution < -0.4 is 5.32 Å². The molecule has 0 aliphatic carbocycles. The van der Waals surface area contributed by atoms with Gasteiger partial charge in [-0.2, -0.15) is 0 Å². The van der Waals surface area contributed by atoms with Crippen LogP contribution in [0.5, 0.6) is 0 Å². The maximum Gasteiger partial charge on any atom is 0.289 e. The number of hydrogen-bond donors (Lipinski definition) is 1. The molecule has 0 fully saturated rings. The lowest BCUT2D eigenvalue weighted by Crippen LogP contribution is -2.02. The molecule has 1 aromatic rings. The van der Waals surface area contributed by atoms with Crippen molar-refractivity contribution in [3.05, 3.63) is 45.5 Å². The molecule has 1 rings (SSSR count). The van der Waals surface area contributed by atoms with Crippen molar-refractivity contribution in [3.63, 3.8) is 0 Å². The van der Waals surface area contributed by atoms with Gasteiger partial charge in [-0.3, -0.25) is 10.1 Å². The van der Waals surface area contributed by atoms with E-state index in [1.807, 2.05) is 6.92 Å². The molecule has 0 unspecified atom stereocenters. The van der Waals surface area contributed by atoms with Crippen molar-refractivity contribution in [1.82, 2.24) is 0 Å². The molecule has 0 radical (unpaired) electrons. The van der Waals surface area contributed by atoms with Crippen LogP contribution in [0.15, 0.2) is 30.4 Å². The second kappa shape index (κ2) is 4.79. The molecule has 0 amide bonds. The zero-order chi connectivity index (χ0) is 11.4. The summed E-state index contributed by atoms with van der Waals surface area (Å²) in [4.78, 5) is 10.1. The summed E-state index contributed by atoms with van der Waals surface area (Å²) in [6.45, 7) is 6.18. The van der Waals surface area contributed by atoms with Crippen LogP contribution in [0.25, 0.3) is 0 Å². The van der Waals surface area contributed by atoms with Crippen molar-refractivity contribution in [2.75, 3.05) is 11.9 Å². The fourth-order valence-corrected chi connectivity index (χ4v) is 1.20. The van der Waals surface area contributed by atoms with Crippen LogP contribution in [0.1, 0.15) is 6.92 Å². The summed E-state index contributed by atoms with van der Waals surface area (Å²) in [7, 11) is 0. The molecule has 0 aliphatic rings. The minimum atomic E-state index is -0.506. The predicted octanol–water partition coefficient (Wildman–Crippen LogP) is 3.24. The zero-order valence-electron chi connectivity index (χ0n) is 8.29. The molecule has 0 aliphatic heterocycles. The molecular formula is C10H11ClN2O2. The Morgan fingerprint density at radius 3 is 2.87 bits per heavy atom. The standard InChI is InChI=1S/C10H11ClN2O2/c1-7(2)6-12-8-3-4-9(11)10(5-8)13(14)15/h3-5,12H,1,6H2,2H3. The number of nitrogens with zero attached hydrogens (tertiary/aromatic N) is 1. The molecule has 4 nitrogen and oxygen atoms in total. The maximum absolute atomic E-state index is 10.6. The van der Waals surface area contributed by atoms with Gasteiger partial charge in [-0.1, -0.05) is 23.8 Å². The third kappa shape index (κ3) is 3.25. The molecule has 15 heavy (non-hydrogen) atoms. The molecule has 0 spiro atoms. The third-order valence-corrected chi connectivity index (χ3v) is 2.06. The van der Waals surface area contributed by atoms with Crippen molar-refractivity contribution in [2.45, 2.75) is 6.92 Å². The van der Waals surface area contributed by atoms with Crippen molar-refractivity contribution >= 4 is 23.0 Å². The van der Waals surface area contributed by atoms with E-state index in [4.69, 9.17) is 11.6 Å². The van der Waals surface area contributed by atoms with E-state index in [2.05, 4.69) is 11.9 Å². The summed E-state index contributed by atoms with van der Waals surface area (Å²) in [5.41, 5.74) is 1.52. The van der Waals surface area contributed by atoms with Gasteiger partial charge in [0.2, 0.25) is 0 Å². The lowest BCUT2D eigenvalue weighted by atomic mass is 10.2. The largest absolute Gasteiger partial charge is 0.381 e. The second-order valence-electron chi connectivity index (χ2n) is 3.23. The average molecular weight is 227 g/mol. The smallest absolute Gasteiger partial charge is 0.289 e. The fraction of sp³-hybridized carbons (Fsp3) is 0.200. The van der Waals surface area contributed by atoms with Crippen LogP contribution in [0.4, 0.5) is 11.4 Å². The van der Waals surface area contributed by atoms with Crippen molar-refractivity contribution in [2.24, 2.45) is 0 Å². The van der Waals surface area contributed by atoms with Crippen LogP contribution in [0, 0.1) is 10.1 Å². The molecule has 5 heteroatoms. The topological polar surface area (TPSA) is 55.2 Å². The van der Waals surface area contributed by atoms with E-state index in [-0.39, 0.29) is 10.7 Å². The number of rotatable bonds is 4. The summed E-state index contributed by atoms with van der Waals surface area (Å²) in [6, 6.07) is 4.60. The highest BCUT2D eigenvalue weighted by atomic mass is 35.5. The van der Waals surface area contributed by atoms with Crippen LogP contribution in [0.3, 0.4) is 0 Å². The summed E-state index contributed by atoms with van der Waals surface area (Å²) in [6.07, 6.45) is 0. The molecular weight excluding hydrogens is 216 g/mol. The Kier molecular flexibility index (Phi) is 3.68. The zero-order valence-corrected chi connectivity index (χ0v) is 9.04. The Labute approximate surface area is 92.7 Å². The highest BCUT2D eigenvalue weighted by Crippen LogP contribution is 2.27. The van der Waals surface area contributed by atoms with E-state index in [9.17, 15) is 10.1 Å². The quantitative estimate of drug-likeness (QED) is 0.487. The van der Waals surface area contributed by atoms with E-state index in [1.54, 1.807) is 6.07 Å². The monoisotopic (exact) mass is 226 g/mol. The van der Waals surface area contributed by atoms with Crippen LogP contribution in [0.2, 0.25) is 5.02 Å². The average Bonchev–Trinajstić information content (AvgIpc) is 2.16. The molecule has 0 saturated heterocycles. The molecule has 0 saturated carbocycles. The Morgan fingerprint density at radius 1 is 1.67 bits per heavy atom. The summed E-state index contributed by atoms with van der Waals surface area (Å²) in [5.74, 6) is 0. The van der Waals surface area contributed by atoms with Crippen LogP contribution in [-0.4, -0.2) is 11.5 Å². The minimum absolute atomic E-state index is 0.0941. The molecule has 0 atom stereocenters. The lowest BCUT2D eigenvalue weighted by Gasteiger charge is -2.05. The van der Waals surface area contributed by atoms with Gasteiger partial charge < -0.3 is 5.32 Å². The SMILES string of the molecule is C=C(C)CNc1ccc(Cl)c([N+](=O)[O-])c1. The molecule has 1 aromatic carbocycles. The van der Waals surface area contributed by atoms with E-state index < -0.39 is 4.92 Å². The van der Waals surface area contributed by atoms with Crippen molar-refractivity contribution in [1.29, 1.82) is 0 Å². The predicted molar refractivity (Wildman–Crippen MR) is 61.4 cm³/mol. The Hall–Kier alpha value is -1.55. The maximum atomic E-state index is 10.6. The highest BCUT2D eigenvalue weighted by Gasteiger charge is 2.12. The van der Waals surface area contributed by atoms with Gasteiger partial charge in [-0.25, -0.2) is 0 Å². The lowest BCUT2D eigenvalue weighted by molar-refractivity contribution is -0.384. The minimum Gasteiger partial charge on any atom is -0.381 e. The van der Waals surface area contributed by atoms with Gasteiger partial charge in [0.05, 0.1) is 4.92 Å². The molecule has 80 valence electrons. The summed E-state index contributed by atoms with van der Waals surface area (Å²) in [5, 5.41) is 13.7. The van der Waals surface area contributed by atoms with Gasteiger partial charge in [-0.15, -0.1) is 0 Å². The number of benzene rings is 1.